The molecule has 1 amide bonds. The van der Waals surface area contributed by atoms with E-state index in [1.165, 1.54) is 12.1 Å². The van der Waals surface area contributed by atoms with Crippen molar-refractivity contribution in [1.82, 2.24) is 5.32 Å². The normalized spacial score (nSPS) is 12.8. The molecule has 0 saturated heterocycles. The number of carboxylic acid groups (broad SMARTS) is 1. The van der Waals surface area contributed by atoms with Crippen LogP contribution in [0.3, 0.4) is 0 Å². The molecular weight excluding hydrogens is 262 g/mol. The van der Waals surface area contributed by atoms with Crippen molar-refractivity contribution < 1.29 is 24.9 Å². The van der Waals surface area contributed by atoms with E-state index in [1.54, 1.807) is 0 Å². The monoisotopic (exact) mass is 281 g/mol. The number of hydrogen-bond donors (Lipinski definition) is 4. The molecule has 0 fully saturated rings. The molecule has 1 aromatic rings. The van der Waals surface area contributed by atoms with Crippen LogP contribution in [0.2, 0.25) is 0 Å². The lowest BCUT2D eigenvalue weighted by atomic mass is 9.84. The highest BCUT2D eigenvalue weighted by Gasteiger charge is 2.28. The molecule has 1 aromatic carbocycles. The summed E-state index contributed by atoms with van der Waals surface area (Å²) in [7, 11) is 0. The van der Waals surface area contributed by atoms with Gasteiger partial charge in [-0.05, 0) is 17.5 Å². The third-order valence-electron chi connectivity index (χ3n) is 2.89. The number of amides is 1. The molecule has 6 heteroatoms. The molecule has 110 valence electrons. The van der Waals surface area contributed by atoms with Crippen LogP contribution < -0.4 is 5.32 Å². The first-order valence-electron chi connectivity index (χ1n) is 6.15. The van der Waals surface area contributed by atoms with Gasteiger partial charge in [-0.3, -0.25) is 9.59 Å². The van der Waals surface area contributed by atoms with Crippen molar-refractivity contribution in [3.8, 4) is 11.5 Å². The Morgan fingerprint density at radius 1 is 1.15 bits per heavy atom. The van der Waals surface area contributed by atoms with Crippen LogP contribution in [0.1, 0.15) is 37.6 Å². The Kier molecular flexibility index (Phi) is 4.60. The average Bonchev–Trinajstić information content (AvgIpc) is 2.24. The molecule has 0 bridgehead atoms. The van der Waals surface area contributed by atoms with Crippen LogP contribution in [0, 0.1) is 5.41 Å². The van der Waals surface area contributed by atoms with E-state index < -0.39 is 23.3 Å². The molecule has 0 saturated carbocycles. The Labute approximate surface area is 117 Å². The van der Waals surface area contributed by atoms with E-state index >= 15 is 0 Å². The largest absolute Gasteiger partial charge is 0.508 e. The van der Waals surface area contributed by atoms with Crippen molar-refractivity contribution in [2.75, 3.05) is 0 Å². The lowest BCUT2D eigenvalue weighted by molar-refractivity contribution is -0.138. The summed E-state index contributed by atoms with van der Waals surface area (Å²) in [4.78, 5) is 22.9. The topological polar surface area (TPSA) is 107 Å². The summed E-state index contributed by atoms with van der Waals surface area (Å²) < 4.78 is 0. The van der Waals surface area contributed by atoms with Gasteiger partial charge in [-0.2, -0.15) is 0 Å². The molecule has 0 radical (unpaired) electrons. The van der Waals surface area contributed by atoms with Crippen molar-refractivity contribution in [3.63, 3.8) is 0 Å². The van der Waals surface area contributed by atoms with Gasteiger partial charge in [0.1, 0.15) is 11.5 Å². The Morgan fingerprint density at radius 3 is 2.05 bits per heavy atom. The lowest BCUT2D eigenvalue weighted by Gasteiger charge is -2.30. The van der Waals surface area contributed by atoms with Crippen LogP contribution in [0.4, 0.5) is 0 Å². The molecule has 1 atom stereocenters. The smallest absolute Gasteiger partial charge is 0.305 e. The molecule has 4 N–H and O–H groups in total. The molecule has 0 heterocycles. The number of hydrogen-bond acceptors (Lipinski definition) is 4. The Morgan fingerprint density at radius 2 is 1.65 bits per heavy atom. The molecule has 1 rings (SSSR count). The number of nitrogens with one attached hydrogen (secondary N) is 1. The van der Waals surface area contributed by atoms with Gasteiger partial charge in [0.05, 0.1) is 6.42 Å². The molecule has 20 heavy (non-hydrogen) atoms. The van der Waals surface area contributed by atoms with E-state index in [-0.39, 0.29) is 23.5 Å². The van der Waals surface area contributed by atoms with Crippen LogP contribution in [-0.2, 0) is 4.79 Å². The van der Waals surface area contributed by atoms with Crippen molar-refractivity contribution >= 4 is 11.9 Å². The van der Waals surface area contributed by atoms with E-state index in [1.807, 2.05) is 20.8 Å². The molecule has 0 aliphatic heterocycles. The van der Waals surface area contributed by atoms with Gasteiger partial charge in [0.2, 0.25) is 0 Å². The highest BCUT2D eigenvalue weighted by Crippen LogP contribution is 2.24. The summed E-state index contributed by atoms with van der Waals surface area (Å²) in [6.07, 6.45) is -0.208. The number of rotatable bonds is 4. The lowest BCUT2D eigenvalue weighted by Crippen LogP contribution is -2.45. The van der Waals surface area contributed by atoms with E-state index in [9.17, 15) is 19.8 Å². The number of benzene rings is 1. The van der Waals surface area contributed by atoms with Crippen molar-refractivity contribution in [2.45, 2.75) is 33.2 Å². The van der Waals surface area contributed by atoms with Crippen molar-refractivity contribution in [1.29, 1.82) is 0 Å². The third-order valence-corrected chi connectivity index (χ3v) is 2.89. The number of carbonyl (C=O) groups excluding carboxylic acids is 1. The predicted molar refractivity (Wildman–Crippen MR) is 72.7 cm³/mol. The van der Waals surface area contributed by atoms with Gasteiger partial charge in [0.25, 0.3) is 5.91 Å². The Balaban J connectivity index is 2.93. The minimum absolute atomic E-state index is 0.0714. The maximum absolute atomic E-state index is 12.1. The zero-order valence-electron chi connectivity index (χ0n) is 11.7. The summed E-state index contributed by atoms with van der Waals surface area (Å²) in [5, 5.41) is 30.2. The summed E-state index contributed by atoms with van der Waals surface area (Å²) in [5.41, 5.74) is -0.366. The average molecular weight is 281 g/mol. The molecule has 6 nitrogen and oxygen atoms in total. The predicted octanol–water partition coefficient (Wildman–Crippen LogP) is 1.72. The molecule has 0 spiro atoms. The van der Waals surface area contributed by atoms with Crippen LogP contribution >= 0.6 is 0 Å². The van der Waals surface area contributed by atoms with Crippen LogP contribution in [-0.4, -0.2) is 33.2 Å². The quantitative estimate of drug-likeness (QED) is 0.672. The fourth-order valence-electron chi connectivity index (χ4n) is 1.72. The number of aliphatic carboxylic acids is 1. The standard InChI is InChI=1S/C14H19NO5/c1-14(2,3)11(7-12(18)19)15-13(20)8-4-9(16)6-10(17)5-8/h4-6,11,16-17H,7H2,1-3H3,(H,15,20)(H,18,19). The third kappa shape index (κ3) is 4.46. The highest BCUT2D eigenvalue weighted by atomic mass is 16.4. The molecule has 0 aromatic heterocycles. The highest BCUT2D eigenvalue weighted by molar-refractivity contribution is 5.95. The van der Waals surface area contributed by atoms with E-state index in [2.05, 4.69) is 5.32 Å². The van der Waals surface area contributed by atoms with E-state index in [4.69, 9.17) is 5.11 Å². The summed E-state index contributed by atoms with van der Waals surface area (Å²) >= 11 is 0. The molecule has 0 aliphatic carbocycles. The van der Waals surface area contributed by atoms with Gasteiger partial charge >= 0.3 is 5.97 Å². The molecule has 0 aliphatic rings. The number of carboxylic acids is 1. The first-order valence-corrected chi connectivity index (χ1v) is 6.15. The first kappa shape index (κ1) is 15.8. The van der Waals surface area contributed by atoms with Crippen molar-refractivity contribution in [3.05, 3.63) is 23.8 Å². The minimum Gasteiger partial charge on any atom is -0.508 e. The SMILES string of the molecule is CC(C)(C)C(CC(=O)O)NC(=O)c1cc(O)cc(O)c1. The zero-order valence-corrected chi connectivity index (χ0v) is 11.7. The Hall–Kier alpha value is -2.24. The fraction of sp³-hybridized carbons (Fsp3) is 0.429. The summed E-state index contributed by atoms with van der Waals surface area (Å²) in [5.74, 6) is -2.03. The van der Waals surface area contributed by atoms with Crippen LogP contribution in [0.5, 0.6) is 11.5 Å². The number of aromatic hydroxyl groups is 2. The van der Waals surface area contributed by atoms with E-state index in [0.717, 1.165) is 6.07 Å². The van der Waals surface area contributed by atoms with Crippen LogP contribution in [0.15, 0.2) is 18.2 Å². The van der Waals surface area contributed by atoms with Gasteiger partial charge in [-0.25, -0.2) is 0 Å². The maximum Gasteiger partial charge on any atom is 0.305 e. The van der Waals surface area contributed by atoms with Crippen molar-refractivity contribution in [2.24, 2.45) is 5.41 Å². The first-order chi connectivity index (χ1) is 9.09. The number of phenols is 2. The minimum atomic E-state index is -1.01. The second-order valence-corrected chi connectivity index (χ2v) is 5.73. The summed E-state index contributed by atoms with van der Waals surface area (Å²) in [6, 6.07) is 2.94. The zero-order chi connectivity index (χ0) is 15.5. The van der Waals surface area contributed by atoms with Gasteiger partial charge in [0.15, 0.2) is 0 Å². The van der Waals surface area contributed by atoms with E-state index in [0.29, 0.717) is 0 Å². The second-order valence-electron chi connectivity index (χ2n) is 5.73. The van der Waals surface area contributed by atoms with Gasteiger partial charge < -0.3 is 20.6 Å². The van der Waals surface area contributed by atoms with Gasteiger partial charge in [-0.1, -0.05) is 20.8 Å². The number of phenolic OH excluding ortho intramolecular Hbond substituents is 2. The van der Waals surface area contributed by atoms with Gasteiger partial charge in [0, 0.05) is 17.7 Å². The molecule has 1 unspecified atom stereocenters. The van der Waals surface area contributed by atoms with Gasteiger partial charge in [-0.15, -0.1) is 0 Å². The molecular formula is C14H19NO5. The summed E-state index contributed by atoms with van der Waals surface area (Å²) in [6.45, 7) is 5.46. The second kappa shape index (κ2) is 5.81. The number of carbonyl (C=O) groups is 2. The maximum atomic E-state index is 12.1. The Bertz CT molecular complexity index is 499. The van der Waals surface area contributed by atoms with Crippen LogP contribution in [0.25, 0.3) is 0 Å². The fourth-order valence-corrected chi connectivity index (χ4v) is 1.72.